The van der Waals surface area contributed by atoms with E-state index in [0.29, 0.717) is 17.6 Å². The van der Waals surface area contributed by atoms with Crippen molar-refractivity contribution in [2.24, 2.45) is 11.8 Å². The van der Waals surface area contributed by atoms with Gasteiger partial charge in [0, 0.05) is 12.0 Å². The molecule has 0 aromatic carbocycles. The van der Waals surface area contributed by atoms with Crippen molar-refractivity contribution in [1.29, 1.82) is 0 Å². The predicted molar refractivity (Wildman–Crippen MR) is 141 cm³/mol. The maximum Gasteiger partial charge on any atom is 0.472 e. The molecule has 0 amide bonds. The maximum absolute atomic E-state index is 15.9. The Bertz CT molecular complexity index is 1790. The van der Waals surface area contributed by atoms with Gasteiger partial charge in [-0.25, -0.2) is 43.4 Å². The lowest BCUT2D eigenvalue weighted by Crippen LogP contribution is -2.43. The SMILES string of the molecule is Nc1ncnc2c1ncn2[C@@H]1C[C@@H]2COP(=O)(O)O[C@H]3[C@@H](F)[C@H](n4cnc5c(N)ncnc54)O[C@@H]3COP(=O)(O)OC[C@H]21. The largest absolute Gasteiger partial charge is 0.472 e. The first-order chi connectivity index (χ1) is 20.5. The number of aromatic nitrogens is 8. The Morgan fingerprint density at radius 3 is 2.14 bits per heavy atom. The minimum absolute atomic E-state index is 0.0427. The number of fused-ring (bicyclic) bond motifs is 4. The molecule has 3 aliphatic rings. The van der Waals surface area contributed by atoms with Gasteiger partial charge in [-0.1, -0.05) is 0 Å². The molecule has 2 unspecified atom stereocenters. The molecule has 7 rings (SSSR count). The average Bonchev–Trinajstić information content (AvgIpc) is 3.64. The molecule has 2 saturated heterocycles. The molecule has 19 nitrogen and oxygen atoms in total. The normalized spacial score (nSPS) is 37.1. The smallest absolute Gasteiger partial charge is 0.382 e. The van der Waals surface area contributed by atoms with Gasteiger partial charge in [0.25, 0.3) is 0 Å². The highest BCUT2D eigenvalue weighted by atomic mass is 31.2. The molecule has 230 valence electrons. The van der Waals surface area contributed by atoms with Crippen LogP contribution in [0.1, 0.15) is 18.7 Å². The quantitative estimate of drug-likeness (QED) is 0.221. The second-order valence-electron chi connectivity index (χ2n) is 10.3. The highest BCUT2D eigenvalue weighted by Crippen LogP contribution is 2.55. The number of anilines is 2. The van der Waals surface area contributed by atoms with Crippen molar-refractivity contribution in [3.63, 3.8) is 0 Å². The molecule has 2 aliphatic heterocycles. The van der Waals surface area contributed by atoms with Crippen molar-refractivity contribution in [3.8, 4) is 0 Å². The van der Waals surface area contributed by atoms with E-state index < -0.39 is 58.7 Å². The summed E-state index contributed by atoms with van der Waals surface area (Å²) in [6.45, 7) is -1.34. The molecule has 22 heteroatoms. The molecule has 6 heterocycles. The number of nitrogens with two attached hydrogens (primary N) is 2. The topological polar surface area (TPSA) is 260 Å². The van der Waals surface area contributed by atoms with Gasteiger partial charge in [0.05, 0.1) is 32.5 Å². The summed E-state index contributed by atoms with van der Waals surface area (Å²) in [7, 11) is -9.61. The standard InChI is InChI=1S/C21H25FN10O9P2/c22-13-16-12(40-21(13)32-8-30-15-18(24)26-6-28-20(15)32)4-39-42(33,34)38-3-10-9(2-37-43(35,36)41-16)1-11(10)31-7-29-14-17(23)25-5-27-19(14)31/h5-13,16,21H,1-4H2,(H,33,34)(H,35,36)(H2,23,25,27)(H2,24,26,28)/t9-,10-,11-,12-,13-,16-,21-/m1/s1. The molecular formula is C21H25FN10O9P2. The van der Waals surface area contributed by atoms with Crippen LogP contribution in [0.25, 0.3) is 22.3 Å². The van der Waals surface area contributed by atoms with Gasteiger partial charge < -0.3 is 30.6 Å². The van der Waals surface area contributed by atoms with Gasteiger partial charge in [-0.05, 0) is 12.3 Å². The van der Waals surface area contributed by atoms with Crippen LogP contribution < -0.4 is 11.5 Å². The number of phosphoric ester groups is 2. The van der Waals surface area contributed by atoms with Crippen LogP contribution in [-0.2, 0) is 32.0 Å². The third kappa shape index (κ3) is 5.07. The van der Waals surface area contributed by atoms with E-state index in [1.54, 1.807) is 4.57 Å². The molecule has 6 N–H and O–H groups in total. The van der Waals surface area contributed by atoms with Crippen LogP contribution in [0.4, 0.5) is 16.0 Å². The summed E-state index contributed by atoms with van der Waals surface area (Å²) >= 11 is 0. The molecule has 0 radical (unpaired) electrons. The number of hydrogen-bond donors (Lipinski definition) is 4. The van der Waals surface area contributed by atoms with Crippen LogP contribution in [-0.4, -0.2) is 87.0 Å². The first-order valence-electron chi connectivity index (χ1n) is 12.9. The first-order valence-corrected chi connectivity index (χ1v) is 15.9. The van der Waals surface area contributed by atoms with Gasteiger partial charge in [-0.15, -0.1) is 0 Å². The Morgan fingerprint density at radius 2 is 1.44 bits per heavy atom. The predicted octanol–water partition coefficient (Wildman–Crippen LogP) is 0.893. The summed E-state index contributed by atoms with van der Waals surface area (Å²) in [5.41, 5.74) is 12.8. The third-order valence-electron chi connectivity index (χ3n) is 7.86. The van der Waals surface area contributed by atoms with E-state index in [1.807, 2.05) is 0 Å². The second kappa shape index (κ2) is 10.5. The lowest BCUT2D eigenvalue weighted by atomic mass is 9.70. The van der Waals surface area contributed by atoms with E-state index in [0.717, 1.165) is 6.33 Å². The van der Waals surface area contributed by atoms with Crippen LogP contribution in [0.3, 0.4) is 0 Å². The van der Waals surface area contributed by atoms with Crippen LogP contribution in [0.5, 0.6) is 0 Å². The highest BCUT2D eigenvalue weighted by molar-refractivity contribution is 7.47. The summed E-state index contributed by atoms with van der Waals surface area (Å²) in [5.74, 6) is -0.712. The van der Waals surface area contributed by atoms with E-state index in [4.69, 9.17) is 34.3 Å². The Hall–Kier alpha value is -3.19. The Balaban J connectivity index is 1.14. The summed E-state index contributed by atoms with van der Waals surface area (Å²) < 4.78 is 71.5. The van der Waals surface area contributed by atoms with Crippen LogP contribution in [0.2, 0.25) is 0 Å². The number of phosphoric acid groups is 2. The number of ether oxygens (including phenoxy) is 1. The van der Waals surface area contributed by atoms with Crippen molar-refractivity contribution in [1.82, 2.24) is 39.0 Å². The summed E-state index contributed by atoms with van der Waals surface area (Å²) in [4.78, 5) is 45.4. The molecule has 9 atom stereocenters. The number of nitrogen functional groups attached to an aromatic ring is 2. The number of rotatable bonds is 2. The molecule has 43 heavy (non-hydrogen) atoms. The summed E-state index contributed by atoms with van der Waals surface area (Å²) in [6, 6.07) is -0.349. The average molecular weight is 642 g/mol. The maximum atomic E-state index is 15.9. The Labute approximate surface area is 240 Å². The van der Waals surface area contributed by atoms with Crippen molar-refractivity contribution < 1.29 is 46.1 Å². The summed E-state index contributed by atoms with van der Waals surface area (Å²) in [5, 5.41) is 0. The monoisotopic (exact) mass is 642 g/mol. The minimum Gasteiger partial charge on any atom is -0.382 e. The summed E-state index contributed by atoms with van der Waals surface area (Å²) in [6.07, 6.45) is -1.25. The minimum atomic E-state index is -4.88. The zero-order valence-electron chi connectivity index (χ0n) is 21.9. The number of hydrogen-bond acceptors (Lipinski definition) is 15. The van der Waals surface area contributed by atoms with Crippen molar-refractivity contribution in [2.45, 2.75) is 37.1 Å². The van der Waals surface area contributed by atoms with Crippen LogP contribution in [0, 0.1) is 11.8 Å². The van der Waals surface area contributed by atoms with Gasteiger partial charge >= 0.3 is 15.6 Å². The molecule has 1 aliphatic carbocycles. The van der Waals surface area contributed by atoms with Crippen molar-refractivity contribution in [3.05, 3.63) is 25.3 Å². The van der Waals surface area contributed by atoms with Crippen molar-refractivity contribution >= 4 is 49.6 Å². The zero-order chi connectivity index (χ0) is 30.1. The van der Waals surface area contributed by atoms with Gasteiger partial charge in [0.2, 0.25) is 0 Å². The van der Waals surface area contributed by atoms with E-state index in [2.05, 4.69) is 29.9 Å². The molecule has 1 saturated carbocycles. The van der Waals surface area contributed by atoms with Gasteiger partial charge in [-0.2, -0.15) is 0 Å². The van der Waals surface area contributed by atoms with E-state index in [1.165, 1.54) is 23.5 Å². The van der Waals surface area contributed by atoms with Gasteiger partial charge in [0.1, 0.15) is 35.9 Å². The molecule has 4 aromatic rings. The number of imidazole rings is 2. The molecule has 0 spiro atoms. The molecular weight excluding hydrogens is 617 g/mol. The van der Waals surface area contributed by atoms with Gasteiger partial charge in [-0.3, -0.25) is 22.7 Å². The Morgan fingerprint density at radius 1 is 0.837 bits per heavy atom. The van der Waals surface area contributed by atoms with E-state index in [9.17, 15) is 18.9 Å². The molecule has 4 aromatic heterocycles. The second-order valence-corrected chi connectivity index (χ2v) is 13.2. The fourth-order valence-corrected chi connectivity index (χ4v) is 7.41. The van der Waals surface area contributed by atoms with E-state index >= 15 is 4.39 Å². The first kappa shape index (κ1) is 28.6. The molecule has 0 bridgehead atoms. The zero-order valence-corrected chi connectivity index (χ0v) is 23.7. The number of halogens is 1. The van der Waals surface area contributed by atoms with Crippen molar-refractivity contribution in [2.75, 3.05) is 31.3 Å². The fourth-order valence-electron chi connectivity index (χ4n) is 5.64. The molecule has 3 fully saturated rings. The van der Waals surface area contributed by atoms with Gasteiger partial charge in [0.15, 0.2) is 35.3 Å². The lowest BCUT2D eigenvalue weighted by Gasteiger charge is -2.45. The Kier molecular flexibility index (Phi) is 6.95. The van der Waals surface area contributed by atoms with Crippen LogP contribution >= 0.6 is 15.6 Å². The number of alkyl halides is 1. The van der Waals surface area contributed by atoms with E-state index in [-0.39, 0.29) is 42.1 Å². The third-order valence-corrected chi connectivity index (χ3v) is 9.79. The number of nitrogens with zero attached hydrogens (tertiary/aromatic N) is 8. The highest BCUT2D eigenvalue weighted by Gasteiger charge is 2.52. The lowest BCUT2D eigenvalue weighted by molar-refractivity contribution is -0.0466. The fraction of sp³-hybridized carbons (Fsp3) is 0.524. The van der Waals surface area contributed by atoms with Crippen LogP contribution in [0.15, 0.2) is 25.3 Å².